The van der Waals surface area contributed by atoms with Crippen LogP contribution in [0.15, 0.2) is 42.5 Å². The molecule has 0 aliphatic heterocycles. The van der Waals surface area contributed by atoms with Crippen LogP contribution in [0.25, 0.3) is 0 Å². The Morgan fingerprint density at radius 3 is 2.63 bits per heavy atom. The Morgan fingerprint density at radius 2 is 1.95 bits per heavy atom. The fourth-order valence-corrected chi connectivity index (χ4v) is 1.89. The molecule has 0 spiro atoms. The monoisotopic (exact) mass is 259 g/mol. The highest BCUT2D eigenvalue weighted by molar-refractivity contribution is 5.94. The Kier molecular flexibility index (Phi) is 3.80. The molecule has 0 amide bonds. The van der Waals surface area contributed by atoms with Crippen LogP contribution >= 0.6 is 0 Å². The summed E-state index contributed by atoms with van der Waals surface area (Å²) in [5.41, 5.74) is 2.11. The summed E-state index contributed by atoms with van der Waals surface area (Å²) >= 11 is 0. The number of aryl methyl sites for hydroxylation is 1. The molecule has 0 aromatic heterocycles. The van der Waals surface area contributed by atoms with Gasteiger partial charge in [-0.15, -0.1) is 0 Å². The summed E-state index contributed by atoms with van der Waals surface area (Å²) in [5, 5.41) is 12.0. The Hall–Kier alpha value is -2.36. The van der Waals surface area contributed by atoms with Gasteiger partial charge in [0, 0.05) is 6.54 Å². The van der Waals surface area contributed by atoms with Crippen LogP contribution in [0.2, 0.25) is 0 Å². The van der Waals surface area contributed by atoms with Crippen LogP contribution < -0.4 is 5.32 Å². The zero-order chi connectivity index (χ0) is 13.8. The summed E-state index contributed by atoms with van der Waals surface area (Å²) in [7, 11) is 0. The number of anilines is 1. The van der Waals surface area contributed by atoms with Crippen LogP contribution in [0.4, 0.5) is 10.1 Å². The quantitative estimate of drug-likeness (QED) is 0.884. The van der Waals surface area contributed by atoms with Gasteiger partial charge in [0.25, 0.3) is 0 Å². The van der Waals surface area contributed by atoms with E-state index in [2.05, 4.69) is 5.32 Å². The third kappa shape index (κ3) is 2.91. The first-order valence-corrected chi connectivity index (χ1v) is 5.90. The summed E-state index contributed by atoms with van der Waals surface area (Å²) in [6.07, 6.45) is 0. The van der Waals surface area contributed by atoms with Crippen molar-refractivity contribution in [2.24, 2.45) is 0 Å². The maximum atomic E-state index is 13.5. The van der Waals surface area contributed by atoms with E-state index in [0.29, 0.717) is 6.54 Å². The van der Waals surface area contributed by atoms with Crippen molar-refractivity contribution < 1.29 is 14.3 Å². The largest absolute Gasteiger partial charge is 0.478 e. The SMILES string of the molecule is Cc1ccccc1CNc1cccc(F)c1C(=O)O. The van der Waals surface area contributed by atoms with E-state index in [9.17, 15) is 9.18 Å². The number of carboxylic acids is 1. The summed E-state index contributed by atoms with van der Waals surface area (Å²) in [5.74, 6) is -2.01. The molecule has 0 saturated carbocycles. The Bertz CT molecular complexity index is 611. The minimum absolute atomic E-state index is 0.288. The molecule has 0 fully saturated rings. The first-order chi connectivity index (χ1) is 9.09. The van der Waals surface area contributed by atoms with E-state index in [4.69, 9.17) is 5.11 Å². The molecule has 0 radical (unpaired) electrons. The highest BCUT2D eigenvalue weighted by atomic mass is 19.1. The molecule has 0 unspecified atom stereocenters. The standard InChI is InChI=1S/C15H14FNO2/c1-10-5-2-3-6-11(10)9-17-13-8-4-7-12(16)14(13)15(18)19/h2-8,17H,9H2,1H3,(H,18,19). The van der Waals surface area contributed by atoms with Gasteiger partial charge in [-0.3, -0.25) is 0 Å². The number of nitrogens with one attached hydrogen (secondary N) is 1. The van der Waals surface area contributed by atoms with Gasteiger partial charge < -0.3 is 10.4 Å². The number of aromatic carboxylic acids is 1. The molecule has 2 aromatic carbocycles. The molecule has 3 nitrogen and oxygen atoms in total. The second-order valence-electron chi connectivity index (χ2n) is 4.25. The van der Waals surface area contributed by atoms with Crippen molar-refractivity contribution in [3.05, 3.63) is 65.0 Å². The lowest BCUT2D eigenvalue weighted by Crippen LogP contribution is -2.09. The van der Waals surface area contributed by atoms with Crippen molar-refractivity contribution in [2.45, 2.75) is 13.5 Å². The molecule has 0 atom stereocenters. The fraction of sp³-hybridized carbons (Fsp3) is 0.133. The van der Waals surface area contributed by atoms with E-state index >= 15 is 0 Å². The number of carboxylic acid groups (broad SMARTS) is 1. The molecule has 2 N–H and O–H groups in total. The van der Waals surface area contributed by atoms with E-state index in [1.54, 1.807) is 6.07 Å². The van der Waals surface area contributed by atoms with Gasteiger partial charge in [0.2, 0.25) is 0 Å². The van der Waals surface area contributed by atoms with Crippen LogP contribution in [0.5, 0.6) is 0 Å². The minimum Gasteiger partial charge on any atom is -0.478 e. The zero-order valence-electron chi connectivity index (χ0n) is 10.5. The van der Waals surface area contributed by atoms with Crippen molar-refractivity contribution in [3.8, 4) is 0 Å². The van der Waals surface area contributed by atoms with Gasteiger partial charge in [-0.25, -0.2) is 9.18 Å². The van der Waals surface area contributed by atoms with Crippen LogP contribution in [-0.2, 0) is 6.54 Å². The maximum Gasteiger partial charge on any atom is 0.340 e. The molecule has 0 aliphatic rings. The average molecular weight is 259 g/mol. The van der Waals surface area contributed by atoms with Crippen molar-refractivity contribution in [1.82, 2.24) is 0 Å². The Morgan fingerprint density at radius 1 is 1.21 bits per heavy atom. The van der Waals surface area contributed by atoms with E-state index in [1.807, 2.05) is 31.2 Å². The van der Waals surface area contributed by atoms with Crippen LogP contribution in [0.3, 0.4) is 0 Å². The number of halogens is 1. The van der Waals surface area contributed by atoms with E-state index in [0.717, 1.165) is 17.2 Å². The summed E-state index contributed by atoms with van der Waals surface area (Å²) in [4.78, 5) is 11.0. The average Bonchev–Trinajstić information content (AvgIpc) is 2.37. The molecule has 98 valence electrons. The first-order valence-electron chi connectivity index (χ1n) is 5.90. The van der Waals surface area contributed by atoms with Gasteiger partial charge in [0.1, 0.15) is 11.4 Å². The molecule has 0 bridgehead atoms. The number of carbonyl (C=O) groups is 1. The number of rotatable bonds is 4. The summed E-state index contributed by atoms with van der Waals surface area (Å²) in [6, 6.07) is 12.0. The smallest absolute Gasteiger partial charge is 0.340 e. The molecule has 2 aromatic rings. The summed E-state index contributed by atoms with van der Waals surface area (Å²) in [6.45, 7) is 2.43. The number of hydrogen-bond acceptors (Lipinski definition) is 2. The van der Waals surface area contributed by atoms with Crippen molar-refractivity contribution >= 4 is 11.7 Å². The van der Waals surface area contributed by atoms with Crippen molar-refractivity contribution in [2.75, 3.05) is 5.32 Å². The van der Waals surface area contributed by atoms with E-state index in [-0.39, 0.29) is 11.3 Å². The molecule has 0 saturated heterocycles. The first kappa shape index (κ1) is 13.1. The molecule has 19 heavy (non-hydrogen) atoms. The van der Waals surface area contributed by atoms with Gasteiger partial charge >= 0.3 is 5.97 Å². The third-order valence-electron chi connectivity index (χ3n) is 2.96. The lowest BCUT2D eigenvalue weighted by Gasteiger charge is -2.11. The van der Waals surface area contributed by atoms with Crippen LogP contribution in [0, 0.1) is 12.7 Å². The number of benzene rings is 2. The topological polar surface area (TPSA) is 49.3 Å². The van der Waals surface area contributed by atoms with Gasteiger partial charge in [-0.1, -0.05) is 30.3 Å². The van der Waals surface area contributed by atoms with Gasteiger partial charge in [-0.2, -0.15) is 0 Å². The predicted molar refractivity (Wildman–Crippen MR) is 71.9 cm³/mol. The zero-order valence-corrected chi connectivity index (χ0v) is 10.5. The minimum atomic E-state index is -1.27. The maximum absolute atomic E-state index is 13.5. The normalized spacial score (nSPS) is 10.2. The van der Waals surface area contributed by atoms with Crippen molar-refractivity contribution in [1.29, 1.82) is 0 Å². The Labute approximate surface area is 110 Å². The molecular weight excluding hydrogens is 245 g/mol. The fourth-order valence-electron chi connectivity index (χ4n) is 1.89. The van der Waals surface area contributed by atoms with Gasteiger partial charge in [-0.05, 0) is 30.2 Å². The molecule has 0 aliphatic carbocycles. The lowest BCUT2D eigenvalue weighted by molar-refractivity contribution is 0.0693. The van der Waals surface area contributed by atoms with Crippen molar-refractivity contribution in [3.63, 3.8) is 0 Å². The second kappa shape index (κ2) is 5.52. The lowest BCUT2D eigenvalue weighted by atomic mass is 10.1. The molecule has 2 rings (SSSR count). The highest BCUT2D eigenvalue weighted by Gasteiger charge is 2.15. The number of hydrogen-bond donors (Lipinski definition) is 2. The van der Waals surface area contributed by atoms with E-state index in [1.165, 1.54) is 6.07 Å². The second-order valence-corrected chi connectivity index (χ2v) is 4.25. The molecular formula is C15H14FNO2. The molecule has 0 heterocycles. The molecule has 4 heteroatoms. The third-order valence-corrected chi connectivity index (χ3v) is 2.96. The highest BCUT2D eigenvalue weighted by Crippen LogP contribution is 2.20. The predicted octanol–water partition coefficient (Wildman–Crippen LogP) is 3.44. The summed E-state index contributed by atoms with van der Waals surface area (Å²) < 4.78 is 13.5. The van der Waals surface area contributed by atoms with E-state index < -0.39 is 11.8 Å². The van der Waals surface area contributed by atoms with Crippen LogP contribution in [-0.4, -0.2) is 11.1 Å². The Balaban J connectivity index is 2.23. The van der Waals surface area contributed by atoms with Crippen LogP contribution in [0.1, 0.15) is 21.5 Å². The van der Waals surface area contributed by atoms with Gasteiger partial charge in [0.15, 0.2) is 0 Å². The van der Waals surface area contributed by atoms with Gasteiger partial charge in [0.05, 0.1) is 5.69 Å².